The standard InChI is InChI=1S/C18H21N3O3.HI/c1-2-8-19-18(20-9-7-15-4-3-10-22-15)21-12-14-5-6-16-17(11-14)24-13-23-16;/h2-6,10-11H,1,7-9,12-13H2,(H2,19,20,21);1H. The van der Waals surface area contributed by atoms with Crippen molar-refractivity contribution in [1.82, 2.24) is 10.6 Å². The van der Waals surface area contributed by atoms with E-state index in [0.717, 1.165) is 41.7 Å². The highest BCUT2D eigenvalue weighted by atomic mass is 127. The molecule has 2 heterocycles. The van der Waals surface area contributed by atoms with Gasteiger partial charge in [-0.3, -0.25) is 0 Å². The smallest absolute Gasteiger partial charge is 0.231 e. The van der Waals surface area contributed by atoms with Crippen molar-refractivity contribution in [3.05, 3.63) is 60.6 Å². The van der Waals surface area contributed by atoms with Gasteiger partial charge in [0.2, 0.25) is 6.79 Å². The molecule has 7 heteroatoms. The van der Waals surface area contributed by atoms with Crippen LogP contribution in [0.25, 0.3) is 0 Å². The third-order valence-electron chi connectivity index (χ3n) is 3.51. The maximum Gasteiger partial charge on any atom is 0.231 e. The lowest BCUT2D eigenvalue weighted by Gasteiger charge is -2.11. The van der Waals surface area contributed by atoms with Gasteiger partial charge in [0.15, 0.2) is 17.5 Å². The molecule has 0 radical (unpaired) electrons. The van der Waals surface area contributed by atoms with Gasteiger partial charge in [0, 0.05) is 19.5 Å². The SMILES string of the molecule is C=CCNC(=NCc1ccc2c(c1)OCO2)NCCc1ccco1.I. The van der Waals surface area contributed by atoms with Gasteiger partial charge >= 0.3 is 0 Å². The van der Waals surface area contributed by atoms with Gasteiger partial charge in [0.25, 0.3) is 0 Å². The fraction of sp³-hybridized carbons (Fsp3) is 0.278. The monoisotopic (exact) mass is 455 g/mol. The van der Waals surface area contributed by atoms with Crippen LogP contribution in [0.3, 0.4) is 0 Å². The van der Waals surface area contributed by atoms with Crippen molar-refractivity contribution in [1.29, 1.82) is 0 Å². The van der Waals surface area contributed by atoms with Gasteiger partial charge in [-0.2, -0.15) is 0 Å². The predicted molar refractivity (Wildman–Crippen MR) is 108 cm³/mol. The maximum atomic E-state index is 5.39. The van der Waals surface area contributed by atoms with Crippen molar-refractivity contribution >= 4 is 29.9 Å². The Labute approximate surface area is 164 Å². The number of hydrogen-bond acceptors (Lipinski definition) is 4. The van der Waals surface area contributed by atoms with E-state index in [-0.39, 0.29) is 30.8 Å². The second kappa shape index (κ2) is 9.97. The van der Waals surface area contributed by atoms with Gasteiger partial charge in [-0.1, -0.05) is 12.1 Å². The summed E-state index contributed by atoms with van der Waals surface area (Å²) in [5, 5.41) is 6.50. The summed E-state index contributed by atoms with van der Waals surface area (Å²) in [6.07, 6.45) is 4.27. The lowest BCUT2D eigenvalue weighted by molar-refractivity contribution is 0.174. The van der Waals surface area contributed by atoms with Crippen molar-refractivity contribution < 1.29 is 13.9 Å². The molecule has 1 aromatic heterocycles. The van der Waals surface area contributed by atoms with E-state index in [0.29, 0.717) is 13.1 Å². The predicted octanol–water partition coefficient (Wildman–Crippen LogP) is 3.09. The number of furan rings is 1. The fourth-order valence-corrected chi connectivity index (χ4v) is 2.31. The number of guanidine groups is 1. The quantitative estimate of drug-likeness (QED) is 0.291. The van der Waals surface area contributed by atoms with Gasteiger partial charge in [0.1, 0.15) is 5.76 Å². The Morgan fingerprint density at radius 1 is 1.20 bits per heavy atom. The molecule has 0 atom stereocenters. The third-order valence-corrected chi connectivity index (χ3v) is 3.51. The van der Waals surface area contributed by atoms with E-state index < -0.39 is 0 Å². The average Bonchev–Trinajstić information content (AvgIpc) is 3.27. The topological polar surface area (TPSA) is 68.0 Å². The molecule has 1 aliphatic heterocycles. The molecule has 0 saturated carbocycles. The molecule has 1 aliphatic rings. The Balaban J connectivity index is 0.00000225. The number of aliphatic imine (C=N–C) groups is 1. The highest BCUT2D eigenvalue weighted by molar-refractivity contribution is 14.0. The molecule has 3 rings (SSSR count). The first-order chi connectivity index (χ1) is 11.8. The molecule has 0 amide bonds. The molecule has 0 bridgehead atoms. The largest absolute Gasteiger partial charge is 0.469 e. The van der Waals surface area contributed by atoms with Crippen molar-refractivity contribution in [2.75, 3.05) is 19.9 Å². The Bertz CT molecular complexity index is 702. The molecule has 1 aromatic carbocycles. The van der Waals surface area contributed by atoms with E-state index in [2.05, 4.69) is 22.2 Å². The van der Waals surface area contributed by atoms with Crippen LogP contribution in [0, 0.1) is 0 Å². The maximum absolute atomic E-state index is 5.39. The fourth-order valence-electron chi connectivity index (χ4n) is 2.31. The minimum atomic E-state index is 0. The molecule has 0 fully saturated rings. The minimum Gasteiger partial charge on any atom is -0.469 e. The van der Waals surface area contributed by atoms with Crippen LogP contribution in [0.5, 0.6) is 11.5 Å². The molecule has 134 valence electrons. The number of hydrogen-bond donors (Lipinski definition) is 2. The van der Waals surface area contributed by atoms with E-state index in [1.807, 2.05) is 30.3 Å². The van der Waals surface area contributed by atoms with Crippen molar-refractivity contribution in [3.8, 4) is 11.5 Å². The van der Waals surface area contributed by atoms with Crippen LogP contribution in [0.2, 0.25) is 0 Å². The average molecular weight is 455 g/mol. The summed E-state index contributed by atoms with van der Waals surface area (Å²) in [6.45, 7) is 5.93. The molecule has 2 N–H and O–H groups in total. The van der Waals surface area contributed by atoms with E-state index in [1.165, 1.54) is 0 Å². The summed E-state index contributed by atoms with van der Waals surface area (Å²) in [7, 11) is 0. The van der Waals surface area contributed by atoms with Crippen molar-refractivity contribution in [2.45, 2.75) is 13.0 Å². The number of benzene rings is 1. The molecule has 0 unspecified atom stereocenters. The van der Waals surface area contributed by atoms with E-state index in [9.17, 15) is 0 Å². The Kier molecular flexibility index (Phi) is 7.65. The summed E-state index contributed by atoms with van der Waals surface area (Å²) >= 11 is 0. The second-order valence-electron chi connectivity index (χ2n) is 5.28. The molecular formula is C18H22IN3O3. The van der Waals surface area contributed by atoms with Crippen LogP contribution in [-0.4, -0.2) is 25.8 Å². The van der Waals surface area contributed by atoms with Gasteiger partial charge in [0.05, 0.1) is 12.8 Å². The summed E-state index contributed by atoms with van der Waals surface area (Å²) in [5.74, 6) is 3.24. The zero-order chi connectivity index (χ0) is 16.6. The van der Waals surface area contributed by atoms with Crippen LogP contribution >= 0.6 is 24.0 Å². The Morgan fingerprint density at radius 3 is 2.88 bits per heavy atom. The normalized spacial score (nSPS) is 12.4. The Morgan fingerprint density at radius 2 is 2.08 bits per heavy atom. The first-order valence-corrected chi connectivity index (χ1v) is 7.89. The van der Waals surface area contributed by atoms with Crippen molar-refractivity contribution in [2.24, 2.45) is 4.99 Å². The summed E-state index contributed by atoms with van der Waals surface area (Å²) in [5.41, 5.74) is 1.06. The first-order valence-electron chi connectivity index (χ1n) is 7.89. The number of nitrogens with one attached hydrogen (secondary N) is 2. The van der Waals surface area contributed by atoms with Gasteiger partial charge in [-0.15, -0.1) is 30.6 Å². The van der Waals surface area contributed by atoms with E-state index in [1.54, 1.807) is 12.3 Å². The summed E-state index contributed by atoms with van der Waals surface area (Å²) < 4.78 is 16.0. The summed E-state index contributed by atoms with van der Waals surface area (Å²) in [4.78, 5) is 4.60. The van der Waals surface area contributed by atoms with E-state index in [4.69, 9.17) is 13.9 Å². The van der Waals surface area contributed by atoms with Gasteiger partial charge < -0.3 is 24.5 Å². The summed E-state index contributed by atoms with van der Waals surface area (Å²) in [6, 6.07) is 9.71. The van der Waals surface area contributed by atoms with Crippen LogP contribution in [0.15, 0.2) is 58.7 Å². The van der Waals surface area contributed by atoms with Crippen LogP contribution in [0.1, 0.15) is 11.3 Å². The molecule has 0 spiro atoms. The third kappa shape index (κ3) is 5.70. The first kappa shape index (κ1) is 19.2. The van der Waals surface area contributed by atoms with Crippen molar-refractivity contribution in [3.63, 3.8) is 0 Å². The number of rotatable bonds is 7. The highest BCUT2D eigenvalue weighted by Crippen LogP contribution is 2.32. The zero-order valence-electron chi connectivity index (χ0n) is 13.9. The second-order valence-corrected chi connectivity index (χ2v) is 5.28. The lowest BCUT2D eigenvalue weighted by atomic mass is 10.2. The Hall–Kier alpha value is -2.16. The van der Waals surface area contributed by atoms with Crippen LogP contribution in [-0.2, 0) is 13.0 Å². The van der Waals surface area contributed by atoms with Crippen LogP contribution in [0.4, 0.5) is 0 Å². The molecule has 0 aliphatic carbocycles. The highest BCUT2D eigenvalue weighted by Gasteiger charge is 2.12. The molecular weight excluding hydrogens is 433 g/mol. The van der Waals surface area contributed by atoms with Crippen LogP contribution < -0.4 is 20.1 Å². The van der Waals surface area contributed by atoms with Gasteiger partial charge in [-0.25, -0.2) is 4.99 Å². The molecule has 2 aromatic rings. The molecule has 0 saturated heterocycles. The number of ether oxygens (including phenoxy) is 2. The number of nitrogens with zero attached hydrogens (tertiary/aromatic N) is 1. The van der Waals surface area contributed by atoms with Gasteiger partial charge in [-0.05, 0) is 29.8 Å². The lowest BCUT2D eigenvalue weighted by Crippen LogP contribution is -2.38. The molecule has 25 heavy (non-hydrogen) atoms. The number of halogens is 1. The number of fused-ring (bicyclic) bond motifs is 1. The molecule has 6 nitrogen and oxygen atoms in total. The zero-order valence-corrected chi connectivity index (χ0v) is 16.2. The van der Waals surface area contributed by atoms with E-state index >= 15 is 0 Å². The minimum absolute atomic E-state index is 0.